The molecule has 0 bridgehead atoms. The molecule has 0 saturated carbocycles. The quantitative estimate of drug-likeness (QED) is 0.863. The molecule has 100 valence electrons. The van der Waals surface area contributed by atoms with Gasteiger partial charge in [0, 0.05) is 26.2 Å². The van der Waals surface area contributed by atoms with E-state index in [1.165, 1.54) is 0 Å². The Balaban J connectivity index is 2.26. The number of phenolic OH excluding ortho intramolecular Hbond substituents is 1. The molecule has 0 aromatic heterocycles. The van der Waals surface area contributed by atoms with Gasteiger partial charge in [-0.2, -0.15) is 0 Å². The summed E-state index contributed by atoms with van der Waals surface area (Å²) in [6.45, 7) is 6.89. The highest BCUT2D eigenvalue weighted by Crippen LogP contribution is 2.29. The van der Waals surface area contributed by atoms with Crippen molar-refractivity contribution in [1.82, 2.24) is 10.2 Å². The Morgan fingerprint density at radius 1 is 1.28 bits per heavy atom. The number of hydrogen-bond donors (Lipinski definition) is 2. The molecule has 2 rings (SSSR count). The zero-order valence-corrected chi connectivity index (χ0v) is 11.0. The number of nitrogens with one attached hydrogen (secondary N) is 1. The minimum Gasteiger partial charge on any atom is -0.507 e. The zero-order valence-electron chi connectivity index (χ0n) is 11.0. The topological polar surface area (TPSA) is 35.5 Å². The summed E-state index contributed by atoms with van der Waals surface area (Å²) in [7, 11) is 0. The first kappa shape index (κ1) is 13.3. The zero-order chi connectivity index (χ0) is 13.1. The van der Waals surface area contributed by atoms with E-state index in [4.69, 9.17) is 0 Å². The van der Waals surface area contributed by atoms with Crippen LogP contribution in [0.2, 0.25) is 0 Å². The standard InChI is InChI=1S/C14H21FN2O/c1-10-7-12(8-11(2)14(10)18)13(9-15)17-5-3-16-4-6-17/h7-8,13,16,18H,3-6,9H2,1-2H3/t13-/m1/s1. The smallest absolute Gasteiger partial charge is 0.121 e. The van der Waals surface area contributed by atoms with Gasteiger partial charge in [-0.25, -0.2) is 4.39 Å². The second-order valence-electron chi connectivity index (χ2n) is 4.96. The molecule has 1 fully saturated rings. The molecular weight excluding hydrogens is 231 g/mol. The molecule has 0 amide bonds. The molecule has 1 aromatic carbocycles. The van der Waals surface area contributed by atoms with Crippen molar-refractivity contribution in [2.45, 2.75) is 19.9 Å². The lowest BCUT2D eigenvalue weighted by molar-refractivity contribution is 0.147. The summed E-state index contributed by atoms with van der Waals surface area (Å²) in [5.41, 5.74) is 2.60. The normalized spacial score (nSPS) is 18.8. The van der Waals surface area contributed by atoms with E-state index in [2.05, 4.69) is 10.2 Å². The van der Waals surface area contributed by atoms with Crippen molar-refractivity contribution in [1.29, 1.82) is 0 Å². The molecule has 0 radical (unpaired) electrons. The maximum Gasteiger partial charge on any atom is 0.121 e. The van der Waals surface area contributed by atoms with Crippen LogP contribution in [0.3, 0.4) is 0 Å². The monoisotopic (exact) mass is 252 g/mol. The summed E-state index contributed by atoms with van der Waals surface area (Å²) in [5.74, 6) is 0.316. The molecule has 1 heterocycles. The van der Waals surface area contributed by atoms with E-state index in [1.54, 1.807) is 0 Å². The largest absolute Gasteiger partial charge is 0.507 e. The van der Waals surface area contributed by atoms with Gasteiger partial charge in [-0.05, 0) is 30.5 Å². The van der Waals surface area contributed by atoms with Gasteiger partial charge in [0.05, 0.1) is 6.04 Å². The second-order valence-corrected chi connectivity index (χ2v) is 4.96. The van der Waals surface area contributed by atoms with Gasteiger partial charge in [0.15, 0.2) is 0 Å². The third-order valence-corrected chi connectivity index (χ3v) is 3.64. The number of hydrogen-bond acceptors (Lipinski definition) is 3. The summed E-state index contributed by atoms with van der Waals surface area (Å²) in [6, 6.07) is 3.61. The highest BCUT2D eigenvalue weighted by molar-refractivity contribution is 5.43. The Hall–Kier alpha value is -1.13. The minimum atomic E-state index is -0.385. The van der Waals surface area contributed by atoms with Crippen LogP contribution in [-0.4, -0.2) is 42.9 Å². The Kier molecular flexibility index (Phi) is 4.19. The van der Waals surface area contributed by atoms with Gasteiger partial charge in [0.25, 0.3) is 0 Å². The van der Waals surface area contributed by atoms with Crippen LogP contribution in [0.5, 0.6) is 5.75 Å². The summed E-state index contributed by atoms with van der Waals surface area (Å²) >= 11 is 0. The van der Waals surface area contributed by atoms with Gasteiger partial charge in [-0.3, -0.25) is 4.90 Å². The van der Waals surface area contributed by atoms with E-state index in [0.29, 0.717) is 5.75 Å². The number of nitrogens with zero attached hydrogens (tertiary/aromatic N) is 1. The molecule has 0 unspecified atom stereocenters. The molecule has 1 atom stereocenters. The lowest BCUT2D eigenvalue weighted by Crippen LogP contribution is -2.45. The van der Waals surface area contributed by atoms with E-state index in [9.17, 15) is 9.50 Å². The average molecular weight is 252 g/mol. The van der Waals surface area contributed by atoms with Gasteiger partial charge in [0.2, 0.25) is 0 Å². The molecule has 1 saturated heterocycles. The maximum absolute atomic E-state index is 13.4. The van der Waals surface area contributed by atoms with Crippen molar-refractivity contribution < 1.29 is 9.50 Å². The van der Waals surface area contributed by atoms with Crippen LogP contribution < -0.4 is 5.32 Å². The number of piperazine rings is 1. The molecule has 1 aromatic rings. The predicted molar refractivity (Wildman–Crippen MR) is 70.7 cm³/mol. The molecular formula is C14H21FN2O. The third kappa shape index (κ3) is 2.65. The van der Waals surface area contributed by atoms with Crippen molar-refractivity contribution in [2.75, 3.05) is 32.9 Å². The first-order valence-corrected chi connectivity index (χ1v) is 6.44. The van der Waals surface area contributed by atoms with E-state index in [0.717, 1.165) is 42.9 Å². The van der Waals surface area contributed by atoms with Crippen LogP contribution >= 0.6 is 0 Å². The lowest BCUT2D eigenvalue weighted by atomic mass is 9.99. The average Bonchev–Trinajstić information content (AvgIpc) is 2.38. The maximum atomic E-state index is 13.4. The number of rotatable bonds is 3. The summed E-state index contributed by atoms with van der Waals surface area (Å²) in [4.78, 5) is 2.17. The highest BCUT2D eigenvalue weighted by Gasteiger charge is 2.23. The molecule has 0 spiro atoms. The Morgan fingerprint density at radius 2 is 1.83 bits per heavy atom. The Labute approximate surface area is 108 Å². The van der Waals surface area contributed by atoms with Crippen LogP contribution in [0.25, 0.3) is 0 Å². The molecule has 1 aliphatic heterocycles. The fourth-order valence-corrected chi connectivity index (χ4v) is 2.57. The van der Waals surface area contributed by atoms with Crippen molar-refractivity contribution in [3.63, 3.8) is 0 Å². The van der Waals surface area contributed by atoms with Gasteiger partial charge in [0.1, 0.15) is 12.4 Å². The van der Waals surface area contributed by atoms with Gasteiger partial charge < -0.3 is 10.4 Å². The number of phenols is 1. The van der Waals surface area contributed by atoms with Crippen LogP contribution in [0.15, 0.2) is 12.1 Å². The van der Waals surface area contributed by atoms with Crippen LogP contribution in [0.4, 0.5) is 4.39 Å². The van der Waals surface area contributed by atoms with Crippen molar-refractivity contribution in [3.05, 3.63) is 28.8 Å². The molecule has 3 nitrogen and oxygen atoms in total. The predicted octanol–water partition coefficient (Wildman–Crippen LogP) is 1.92. The molecule has 0 aliphatic carbocycles. The van der Waals surface area contributed by atoms with E-state index < -0.39 is 0 Å². The van der Waals surface area contributed by atoms with E-state index in [1.807, 2.05) is 26.0 Å². The van der Waals surface area contributed by atoms with E-state index >= 15 is 0 Å². The molecule has 1 aliphatic rings. The van der Waals surface area contributed by atoms with Gasteiger partial charge in [-0.15, -0.1) is 0 Å². The molecule has 2 N–H and O–H groups in total. The second kappa shape index (κ2) is 5.67. The number of alkyl halides is 1. The van der Waals surface area contributed by atoms with Crippen molar-refractivity contribution in [2.24, 2.45) is 0 Å². The first-order chi connectivity index (χ1) is 8.63. The van der Waals surface area contributed by atoms with Crippen molar-refractivity contribution in [3.8, 4) is 5.75 Å². The number of aromatic hydroxyl groups is 1. The lowest BCUT2D eigenvalue weighted by Gasteiger charge is -2.34. The fraction of sp³-hybridized carbons (Fsp3) is 0.571. The van der Waals surface area contributed by atoms with Gasteiger partial charge >= 0.3 is 0 Å². The SMILES string of the molecule is Cc1cc([C@@H](CF)N2CCNCC2)cc(C)c1O. The summed E-state index contributed by atoms with van der Waals surface area (Å²) in [5, 5.41) is 13.1. The molecule has 18 heavy (non-hydrogen) atoms. The first-order valence-electron chi connectivity index (χ1n) is 6.44. The summed E-state index contributed by atoms with van der Waals surface area (Å²) in [6.07, 6.45) is 0. The summed E-state index contributed by atoms with van der Waals surface area (Å²) < 4.78 is 13.4. The van der Waals surface area contributed by atoms with Crippen LogP contribution in [0, 0.1) is 13.8 Å². The minimum absolute atomic E-state index is 0.190. The van der Waals surface area contributed by atoms with Crippen LogP contribution in [-0.2, 0) is 0 Å². The van der Waals surface area contributed by atoms with Gasteiger partial charge in [-0.1, -0.05) is 12.1 Å². The Bertz CT molecular complexity index is 393. The van der Waals surface area contributed by atoms with Crippen molar-refractivity contribution >= 4 is 0 Å². The Morgan fingerprint density at radius 3 is 2.33 bits per heavy atom. The number of benzene rings is 1. The van der Waals surface area contributed by atoms with Crippen LogP contribution in [0.1, 0.15) is 22.7 Å². The number of halogens is 1. The number of aryl methyl sites for hydroxylation is 2. The molecule has 4 heteroatoms. The third-order valence-electron chi connectivity index (χ3n) is 3.64. The highest BCUT2D eigenvalue weighted by atomic mass is 19.1. The van der Waals surface area contributed by atoms with E-state index in [-0.39, 0.29) is 12.7 Å². The fourth-order valence-electron chi connectivity index (χ4n) is 2.57.